The van der Waals surface area contributed by atoms with Crippen molar-refractivity contribution in [1.29, 1.82) is 0 Å². The number of aromatic nitrogens is 1. The average molecular weight is 346 g/mol. The molecule has 100 valence electrons. The van der Waals surface area contributed by atoms with Crippen LogP contribution in [0.2, 0.25) is 0 Å². The summed E-state index contributed by atoms with van der Waals surface area (Å²) in [4.78, 5) is 3.56. The van der Waals surface area contributed by atoms with Crippen molar-refractivity contribution in [2.75, 3.05) is 10.5 Å². The lowest BCUT2D eigenvalue weighted by molar-refractivity contribution is 0.597. The first-order valence-corrected chi connectivity index (χ1v) is 7.37. The van der Waals surface area contributed by atoms with Crippen molar-refractivity contribution in [2.24, 2.45) is 0 Å². The van der Waals surface area contributed by atoms with E-state index in [0.717, 1.165) is 6.07 Å². The number of benzene rings is 1. The molecule has 0 saturated heterocycles. The van der Waals surface area contributed by atoms with Crippen LogP contribution in [0, 0.1) is 5.82 Å². The molecular formula is C11H9BrFN3O2S. The predicted octanol–water partition coefficient (Wildman–Crippen LogP) is 2.37. The van der Waals surface area contributed by atoms with Crippen molar-refractivity contribution in [1.82, 2.24) is 4.98 Å². The molecule has 0 saturated carbocycles. The minimum Gasteiger partial charge on any atom is -0.395 e. The Balaban J connectivity index is 2.44. The molecule has 0 spiro atoms. The SMILES string of the molecule is Nc1c(F)cccc1S(=O)(=O)Nc1cccnc1Br. The molecule has 1 aromatic carbocycles. The lowest BCUT2D eigenvalue weighted by Gasteiger charge is -2.11. The van der Waals surface area contributed by atoms with Gasteiger partial charge in [-0.25, -0.2) is 17.8 Å². The molecule has 0 aliphatic carbocycles. The fourth-order valence-corrected chi connectivity index (χ4v) is 3.10. The molecule has 0 fully saturated rings. The molecule has 2 aromatic rings. The fourth-order valence-electron chi connectivity index (χ4n) is 1.41. The smallest absolute Gasteiger partial charge is 0.264 e. The van der Waals surface area contributed by atoms with Gasteiger partial charge in [-0.05, 0) is 40.2 Å². The van der Waals surface area contributed by atoms with Gasteiger partial charge in [-0.2, -0.15) is 0 Å². The molecular weight excluding hydrogens is 337 g/mol. The van der Waals surface area contributed by atoms with E-state index in [9.17, 15) is 12.8 Å². The van der Waals surface area contributed by atoms with E-state index in [4.69, 9.17) is 5.73 Å². The second-order valence-corrected chi connectivity index (χ2v) is 6.00. The Morgan fingerprint density at radius 1 is 1.26 bits per heavy atom. The number of para-hydroxylation sites is 1. The first-order valence-electron chi connectivity index (χ1n) is 5.09. The molecule has 1 aromatic heterocycles. The number of halogens is 2. The van der Waals surface area contributed by atoms with E-state index in [1.165, 1.54) is 24.4 Å². The highest BCUT2D eigenvalue weighted by atomic mass is 79.9. The molecule has 2 rings (SSSR count). The van der Waals surface area contributed by atoms with E-state index >= 15 is 0 Å². The van der Waals surface area contributed by atoms with Gasteiger partial charge in [0.2, 0.25) is 0 Å². The van der Waals surface area contributed by atoms with E-state index in [0.29, 0.717) is 4.60 Å². The summed E-state index contributed by atoms with van der Waals surface area (Å²) in [5.41, 5.74) is 5.26. The number of hydrogen-bond donors (Lipinski definition) is 2. The van der Waals surface area contributed by atoms with Gasteiger partial charge in [-0.1, -0.05) is 6.07 Å². The third kappa shape index (κ3) is 2.85. The minimum atomic E-state index is -3.97. The molecule has 0 amide bonds. The Hall–Kier alpha value is -1.67. The highest BCUT2D eigenvalue weighted by Crippen LogP contribution is 2.26. The molecule has 1 heterocycles. The summed E-state index contributed by atoms with van der Waals surface area (Å²) in [6, 6.07) is 6.68. The van der Waals surface area contributed by atoms with Crippen molar-refractivity contribution in [3.05, 3.63) is 46.9 Å². The van der Waals surface area contributed by atoms with Crippen LogP contribution in [-0.4, -0.2) is 13.4 Å². The second-order valence-electron chi connectivity index (χ2n) is 3.60. The first-order chi connectivity index (χ1) is 8.92. The highest BCUT2D eigenvalue weighted by molar-refractivity contribution is 9.10. The Morgan fingerprint density at radius 3 is 2.68 bits per heavy atom. The molecule has 0 atom stereocenters. The lowest BCUT2D eigenvalue weighted by Crippen LogP contribution is -2.16. The van der Waals surface area contributed by atoms with Crippen LogP contribution in [0.4, 0.5) is 15.8 Å². The zero-order chi connectivity index (χ0) is 14.0. The number of sulfonamides is 1. The maximum atomic E-state index is 13.3. The Bertz CT molecular complexity index is 722. The van der Waals surface area contributed by atoms with Gasteiger partial charge in [-0.15, -0.1) is 0 Å². The van der Waals surface area contributed by atoms with E-state index in [-0.39, 0.29) is 10.6 Å². The van der Waals surface area contributed by atoms with E-state index in [2.05, 4.69) is 25.6 Å². The second kappa shape index (κ2) is 5.14. The van der Waals surface area contributed by atoms with E-state index < -0.39 is 21.5 Å². The van der Waals surface area contributed by atoms with Crippen LogP contribution in [0.1, 0.15) is 0 Å². The third-order valence-corrected chi connectivity index (χ3v) is 4.36. The van der Waals surface area contributed by atoms with Crippen LogP contribution < -0.4 is 10.5 Å². The van der Waals surface area contributed by atoms with Crippen LogP contribution in [0.25, 0.3) is 0 Å². The summed E-state index contributed by atoms with van der Waals surface area (Å²) in [7, 11) is -3.97. The zero-order valence-corrected chi connectivity index (χ0v) is 11.9. The molecule has 0 aliphatic heterocycles. The molecule has 0 bridgehead atoms. The summed E-state index contributed by atoms with van der Waals surface area (Å²) in [6.07, 6.45) is 1.50. The van der Waals surface area contributed by atoms with Gasteiger partial charge in [0.15, 0.2) is 0 Å². The van der Waals surface area contributed by atoms with Gasteiger partial charge in [0, 0.05) is 6.20 Å². The fraction of sp³-hybridized carbons (Fsp3) is 0. The summed E-state index contributed by atoms with van der Waals surface area (Å²) >= 11 is 3.11. The number of nitrogen functional groups attached to an aromatic ring is 1. The number of nitrogens with one attached hydrogen (secondary N) is 1. The Kier molecular flexibility index (Phi) is 3.72. The van der Waals surface area contributed by atoms with Crippen molar-refractivity contribution >= 4 is 37.3 Å². The van der Waals surface area contributed by atoms with E-state index in [1.54, 1.807) is 6.07 Å². The third-order valence-electron chi connectivity index (χ3n) is 2.31. The minimum absolute atomic E-state index is 0.242. The maximum absolute atomic E-state index is 13.3. The van der Waals surface area contributed by atoms with Crippen molar-refractivity contribution in [3.63, 3.8) is 0 Å². The summed E-state index contributed by atoms with van der Waals surface area (Å²) in [6.45, 7) is 0. The normalized spacial score (nSPS) is 11.3. The Labute approximate surface area is 117 Å². The van der Waals surface area contributed by atoms with Crippen LogP contribution in [0.3, 0.4) is 0 Å². The summed E-state index contributed by atoms with van der Waals surface area (Å²) in [5.74, 6) is -0.784. The molecule has 0 unspecified atom stereocenters. The van der Waals surface area contributed by atoms with Crippen LogP contribution in [-0.2, 0) is 10.0 Å². The zero-order valence-electron chi connectivity index (χ0n) is 9.47. The first kappa shape index (κ1) is 13.8. The number of nitrogens with two attached hydrogens (primary N) is 1. The van der Waals surface area contributed by atoms with E-state index in [1.807, 2.05) is 0 Å². The molecule has 3 N–H and O–H groups in total. The molecule has 0 aliphatic rings. The number of anilines is 2. The Morgan fingerprint density at radius 2 is 2.00 bits per heavy atom. The predicted molar refractivity (Wildman–Crippen MR) is 73.6 cm³/mol. The molecule has 8 heteroatoms. The van der Waals surface area contributed by atoms with Gasteiger partial charge in [-0.3, -0.25) is 4.72 Å². The number of hydrogen-bond acceptors (Lipinski definition) is 4. The van der Waals surface area contributed by atoms with Crippen molar-refractivity contribution in [2.45, 2.75) is 4.90 Å². The van der Waals surface area contributed by atoms with Gasteiger partial charge in [0.05, 0.1) is 11.4 Å². The van der Waals surface area contributed by atoms with Gasteiger partial charge < -0.3 is 5.73 Å². The largest absolute Gasteiger partial charge is 0.395 e. The van der Waals surface area contributed by atoms with Crippen LogP contribution in [0.5, 0.6) is 0 Å². The maximum Gasteiger partial charge on any atom is 0.264 e. The van der Waals surface area contributed by atoms with Gasteiger partial charge in [0.1, 0.15) is 15.3 Å². The van der Waals surface area contributed by atoms with Crippen LogP contribution in [0.15, 0.2) is 46.0 Å². The monoisotopic (exact) mass is 345 g/mol. The quantitative estimate of drug-likeness (QED) is 0.660. The average Bonchev–Trinajstić information content (AvgIpc) is 2.35. The van der Waals surface area contributed by atoms with Crippen molar-refractivity contribution < 1.29 is 12.8 Å². The number of rotatable bonds is 3. The van der Waals surface area contributed by atoms with Crippen molar-refractivity contribution in [3.8, 4) is 0 Å². The standard InChI is InChI=1S/C11H9BrFN3O2S/c12-11-8(4-2-6-15-11)16-19(17,18)9-5-1-3-7(13)10(9)14/h1-6,16H,14H2. The topological polar surface area (TPSA) is 85.1 Å². The highest BCUT2D eigenvalue weighted by Gasteiger charge is 2.20. The van der Waals surface area contributed by atoms with Gasteiger partial charge in [0.25, 0.3) is 10.0 Å². The molecule has 5 nitrogen and oxygen atoms in total. The number of nitrogens with zero attached hydrogens (tertiary/aromatic N) is 1. The lowest BCUT2D eigenvalue weighted by atomic mass is 10.3. The summed E-state index contributed by atoms with van der Waals surface area (Å²) in [5, 5.41) is 0. The molecule has 0 radical (unpaired) electrons. The summed E-state index contributed by atoms with van der Waals surface area (Å²) < 4.78 is 40.1. The molecule has 19 heavy (non-hydrogen) atoms. The van der Waals surface area contributed by atoms with Crippen LogP contribution >= 0.6 is 15.9 Å². The number of pyridine rings is 1. The van der Waals surface area contributed by atoms with Gasteiger partial charge >= 0.3 is 0 Å².